The normalized spacial score (nSPS) is 13.4. The third-order valence-corrected chi connectivity index (χ3v) is 4.05. The van der Waals surface area contributed by atoms with Crippen LogP contribution in [0.15, 0.2) is 48.5 Å². The van der Waals surface area contributed by atoms with Crippen molar-refractivity contribution in [3.8, 4) is 11.5 Å². The molecule has 5 N–H and O–H groups in total. The van der Waals surface area contributed by atoms with Crippen LogP contribution in [0, 0.1) is 0 Å². The van der Waals surface area contributed by atoms with Crippen molar-refractivity contribution in [3.05, 3.63) is 59.7 Å². The number of phenolic OH excluding ortho intramolecular Hbond substituents is 2. The topological polar surface area (TPSA) is 119 Å². The SMILES string of the molecule is C1CCNCC1.O=C(/C=C/c1ccc(O)c(O)c1)Nc1ccccc1C(=O)O. The lowest BCUT2D eigenvalue weighted by Gasteiger charge is -2.08. The summed E-state index contributed by atoms with van der Waals surface area (Å²) >= 11 is 0. The van der Waals surface area contributed by atoms with Crippen LogP contribution < -0.4 is 10.6 Å². The molecule has 28 heavy (non-hydrogen) atoms. The number of carbonyl (C=O) groups excluding carboxylic acids is 1. The Bertz CT molecular complexity index is 833. The summed E-state index contributed by atoms with van der Waals surface area (Å²) < 4.78 is 0. The van der Waals surface area contributed by atoms with Gasteiger partial charge in [0.05, 0.1) is 11.3 Å². The molecule has 7 nitrogen and oxygen atoms in total. The second-order valence-corrected chi connectivity index (χ2v) is 6.23. The highest BCUT2D eigenvalue weighted by Crippen LogP contribution is 2.25. The van der Waals surface area contributed by atoms with Crippen LogP contribution >= 0.6 is 0 Å². The first-order chi connectivity index (χ1) is 13.5. The summed E-state index contributed by atoms with van der Waals surface area (Å²) in [7, 11) is 0. The number of carboxylic acid groups (broad SMARTS) is 1. The number of nitrogens with one attached hydrogen (secondary N) is 2. The van der Waals surface area contributed by atoms with E-state index in [-0.39, 0.29) is 22.7 Å². The Morgan fingerprint density at radius 3 is 2.25 bits per heavy atom. The molecule has 2 aromatic rings. The summed E-state index contributed by atoms with van der Waals surface area (Å²) in [5, 5.41) is 33.3. The molecule has 0 aliphatic carbocycles. The number of hydrogen-bond donors (Lipinski definition) is 5. The molecule has 1 saturated heterocycles. The highest BCUT2D eigenvalue weighted by molar-refractivity contribution is 6.06. The standard InChI is InChI=1S/C16H13NO5.C5H11N/c18-13-7-5-10(9-14(13)19)6-8-15(20)17-12-4-2-1-3-11(12)16(21)22;1-2-4-6-5-3-1/h1-9,18-19H,(H,17,20)(H,21,22);6H,1-5H2/b8-6+;. The zero-order valence-corrected chi connectivity index (χ0v) is 15.4. The number of aromatic hydroxyl groups is 2. The Morgan fingerprint density at radius 1 is 0.964 bits per heavy atom. The van der Waals surface area contributed by atoms with Crippen LogP contribution in [0.5, 0.6) is 11.5 Å². The van der Waals surface area contributed by atoms with Crippen molar-refractivity contribution < 1.29 is 24.9 Å². The second kappa shape index (κ2) is 10.7. The van der Waals surface area contributed by atoms with Gasteiger partial charge in [-0.05, 0) is 61.8 Å². The van der Waals surface area contributed by atoms with Crippen LogP contribution in [0.1, 0.15) is 35.2 Å². The van der Waals surface area contributed by atoms with E-state index in [9.17, 15) is 19.8 Å². The van der Waals surface area contributed by atoms with Crippen molar-refractivity contribution in [1.82, 2.24) is 5.32 Å². The van der Waals surface area contributed by atoms with Gasteiger partial charge in [-0.25, -0.2) is 4.79 Å². The molecule has 7 heteroatoms. The van der Waals surface area contributed by atoms with Gasteiger partial charge in [-0.15, -0.1) is 0 Å². The fourth-order valence-electron chi connectivity index (χ4n) is 2.57. The first-order valence-corrected chi connectivity index (χ1v) is 9.01. The van der Waals surface area contributed by atoms with E-state index in [1.165, 1.54) is 74.8 Å². The van der Waals surface area contributed by atoms with E-state index in [0.717, 1.165) is 0 Å². The van der Waals surface area contributed by atoms with E-state index in [2.05, 4.69) is 10.6 Å². The number of rotatable bonds is 4. The molecule has 1 fully saturated rings. The van der Waals surface area contributed by atoms with Gasteiger partial charge in [0.1, 0.15) is 0 Å². The molecule has 2 aromatic carbocycles. The minimum absolute atomic E-state index is 0.00784. The molecule has 1 heterocycles. The minimum Gasteiger partial charge on any atom is -0.504 e. The van der Waals surface area contributed by atoms with Crippen LogP contribution in [0.25, 0.3) is 6.08 Å². The first-order valence-electron chi connectivity index (χ1n) is 9.01. The molecule has 1 aliphatic rings. The van der Waals surface area contributed by atoms with E-state index in [4.69, 9.17) is 5.11 Å². The summed E-state index contributed by atoms with van der Waals surface area (Å²) in [6.45, 7) is 2.50. The van der Waals surface area contributed by atoms with Crippen LogP contribution in [0.4, 0.5) is 5.69 Å². The van der Waals surface area contributed by atoms with Gasteiger partial charge in [-0.3, -0.25) is 4.79 Å². The maximum Gasteiger partial charge on any atom is 0.337 e. The largest absolute Gasteiger partial charge is 0.504 e. The quantitative estimate of drug-likeness (QED) is 0.408. The molecule has 0 spiro atoms. The molecule has 0 unspecified atom stereocenters. The number of carbonyl (C=O) groups is 2. The number of amides is 1. The smallest absolute Gasteiger partial charge is 0.337 e. The summed E-state index contributed by atoms with van der Waals surface area (Å²) in [5.74, 6) is -2.19. The Balaban J connectivity index is 0.000000397. The van der Waals surface area contributed by atoms with Crippen LogP contribution in [0.2, 0.25) is 0 Å². The Kier molecular flexibility index (Phi) is 8.05. The van der Waals surface area contributed by atoms with Crippen molar-refractivity contribution in [3.63, 3.8) is 0 Å². The highest BCUT2D eigenvalue weighted by atomic mass is 16.4. The Morgan fingerprint density at radius 2 is 1.68 bits per heavy atom. The van der Waals surface area contributed by atoms with Gasteiger partial charge in [-0.2, -0.15) is 0 Å². The molecule has 1 amide bonds. The Labute approximate surface area is 163 Å². The molecular weight excluding hydrogens is 360 g/mol. The predicted molar refractivity (Wildman–Crippen MR) is 108 cm³/mol. The van der Waals surface area contributed by atoms with Gasteiger partial charge < -0.3 is 26.0 Å². The first kappa shape index (κ1) is 21.0. The lowest BCUT2D eigenvalue weighted by Crippen LogP contribution is -2.21. The van der Waals surface area contributed by atoms with Gasteiger partial charge in [0.25, 0.3) is 0 Å². The third-order valence-electron chi connectivity index (χ3n) is 4.05. The van der Waals surface area contributed by atoms with Crippen molar-refractivity contribution in [1.29, 1.82) is 0 Å². The van der Waals surface area contributed by atoms with E-state index in [0.29, 0.717) is 5.56 Å². The van der Waals surface area contributed by atoms with Gasteiger partial charge in [0, 0.05) is 6.08 Å². The third kappa shape index (κ3) is 6.77. The number of benzene rings is 2. The average molecular weight is 384 g/mol. The van der Waals surface area contributed by atoms with E-state index in [1.807, 2.05) is 0 Å². The molecule has 0 radical (unpaired) electrons. The second-order valence-electron chi connectivity index (χ2n) is 6.23. The van der Waals surface area contributed by atoms with E-state index in [1.54, 1.807) is 12.1 Å². The number of carboxylic acids is 1. The highest BCUT2D eigenvalue weighted by Gasteiger charge is 2.10. The maximum atomic E-state index is 11.8. The average Bonchev–Trinajstić information content (AvgIpc) is 2.71. The van der Waals surface area contributed by atoms with E-state index < -0.39 is 11.9 Å². The summed E-state index contributed by atoms with van der Waals surface area (Å²) in [5.41, 5.74) is 0.696. The number of piperidine rings is 1. The van der Waals surface area contributed by atoms with E-state index >= 15 is 0 Å². The van der Waals surface area contributed by atoms with Crippen molar-refractivity contribution in [2.45, 2.75) is 19.3 Å². The summed E-state index contributed by atoms with van der Waals surface area (Å²) in [4.78, 5) is 22.8. The van der Waals surface area contributed by atoms with Crippen molar-refractivity contribution >= 4 is 23.6 Å². The van der Waals surface area contributed by atoms with Crippen LogP contribution in [0.3, 0.4) is 0 Å². The summed E-state index contributed by atoms with van der Waals surface area (Å²) in [6.07, 6.45) is 6.84. The molecule has 3 rings (SSSR count). The summed E-state index contributed by atoms with van der Waals surface area (Å²) in [6, 6.07) is 10.2. The predicted octanol–water partition coefficient (Wildman–Crippen LogP) is 3.21. The number of para-hydroxylation sites is 1. The lowest BCUT2D eigenvalue weighted by atomic mass is 10.1. The number of aromatic carboxylic acids is 1. The van der Waals surface area contributed by atoms with Crippen molar-refractivity contribution in [2.75, 3.05) is 18.4 Å². The van der Waals surface area contributed by atoms with Crippen LogP contribution in [-0.2, 0) is 4.79 Å². The van der Waals surface area contributed by atoms with Gasteiger partial charge in [-0.1, -0.05) is 24.6 Å². The molecule has 0 aromatic heterocycles. The molecule has 1 aliphatic heterocycles. The minimum atomic E-state index is -1.14. The Hall–Kier alpha value is -3.32. The van der Waals surface area contributed by atoms with Crippen molar-refractivity contribution in [2.24, 2.45) is 0 Å². The maximum absolute atomic E-state index is 11.8. The molecule has 0 bridgehead atoms. The molecule has 148 valence electrons. The zero-order chi connectivity index (χ0) is 20.4. The molecule has 0 saturated carbocycles. The lowest BCUT2D eigenvalue weighted by molar-refractivity contribution is -0.111. The zero-order valence-electron chi connectivity index (χ0n) is 15.4. The van der Waals surface area contributed by atoms with Crippen LogP contribution in [-0.4, -0.2) is 40.3 Å². The molecule has 0 atom stereocenters. The number of hydrogen-bond acceptors (Lipinski definition) is 5. The monoisotopic (exact) mass is 384 g/mol. The van der Waals surface area contributed by atoms with Gasteiger partial charge in [0.15, 0.2) is 11.5 Å². The number of anilines is 1. The molecular formula is C21H24N2O5. The fourth-order valence-corrected chi connectivity index (χ4v) is 2.57. The van der Waals surface area contributed by atoms with Gasteiger partial charge >= 0.3 is 5.97 Å². The fraction of sp³-hybridized carbons (Fsp3) is 0.238. The van der Waals surface area contributed by atoms with Gasteiger partial charge in [0.2, 0.25) is 5.91 Å². The number of phenols is 2.